The highest BCUT2D eigenvalue weighted by molar-refractivity contribution is 5.92. The number of likely N-dealkylation sites (N-methyl/N-ethyl adjacent to an activating group) is 1. The molecule has 0 aliphatic carbocycles. The van der Waals surface area contributed by atoms with E-state index < -0.39 is 0 Å². The summed E-state index contributed by atoms with van der Waals surface area (Å²) in [5.74, 6) is 0.564. The molecule has 1 unspecified atom stereocenters. The molecule has 0 saturated carbocycles. The van der Waals surface area contributed by atoms with E-state index in [9.17, 15) is 4.79 Å². The molecule has 1 aromatic heterocycles. The molecule has 2 heterocycles. The molecule has 19 heavy (non-hydrogen) atoms. The lowest BCUT2D eigenvalue weighted by molar-refractivity contribution is 0.0933. The largest absolute Gasteiger partial charge is 0.369 e. The number of nitrogens with zero attached hydrogens (tertiary/aromatic N) is 3. The van der Waals surface area contributed by atoms with Crippen LogP contribution in [0.2, 0.25) is 0 Å². The average molecular weight is 263 g/mol. The molecule has 1 atom stereocenters. The Bertz CT molecular complexity index is 420. The summed E-state index contributed by atoms with van der Waals surface area (Å²) in [6.45, 7) is 4.86. The Morgan fingerprint density at radius 3 is 2.89 bits per heavy atom. The van der Waals surface area contributed by atoms with E-state index in [0.29, 0.717) is 11.5 Å². The third-order valence-corrected chi connectivity index (χ3v) is 3.17. The lowest BCUT2D eigenvalue weighted by Gasteiger charge is -2.12. The molecular formula is C13H21N5O. The molecule has 0 bridgehead atoms. The normalized spacial score (nSPS) is 19.4. The maximum atomic E-state index is 12.0. The standard InChI is InChI=1S/C13H21N5O/c1-3-5-14-12-8-15-11(7-16-12)13(19)17-10-4-6-18(2)9-10/h7-8,10H,3-6,9H2,1-2H3,(H,14,16)(H,17,19). The topological polar surface area (TPSA) is 70.2 Å². The molecule has 6 nitrogen and oxygen atoms in total. The second-order valence-corrected chi connectivity index (χ2v) is 4.93. The Balaban J connectivity index is 1.88. The van der Waals surface area contributed by atoms with Gasteiger partial charge in [-0.05, 0) is 26.4 Å². The van der Waals surface area contributed by atoms with Gasteiger partial charge < -0.3 is 15.5 Å². The smallest absolute Gasteiger partial charge is 0.271 e. The summed E-state index contributed by atoms with van der Waals surface area (Å²) >= 11 is 0. The van der Waals surface area contributed by atoms with Crippen molar-refractivity contribution in [2.75, 3.05) is 32.0 Å². The van der Waals surface area contributed by atoms with Gasteiger partial charge in [0.15, 0.2) is 0 Å². The van der Waals surface area contributed by atoms with Crippen molar-refractivity contribution in [3.8, 4) is 0 Å². The van der Waals surface area contributed by atoms with E-state index in [1.165, 1.54) is 6.20 Å². The first-order valence-electron chi connectivity index (χ1n) is 6.74. The second-order valence-electron chi connectivity index (χ2n) is 4.93. The van der Waals surface area contributed by atoms with Gasteiger partial charge in [0.1, 0.15) is 11.5 Å². The van der Waals surface area contributed by atoms with E-state index in [-0.39, 0.29) is 11.9 Å². The number of anilines is 1. The number of likely N-dealkylation sites (tertiary alicyclic amines) is 1. The van der Waals surface area contributed by atoms with Gasteiger partial charge in [-0.2, -0.15) is 0 Å². The van der Waals surface area contributed by atoms with Gasteiger partial charge in [0.25, 0.3) is 5.91 Å². The summed E-state index contributed by atoms with van der Waals surface area (Å²) in [6, 6.07) is 0.220. The average Bonchev–Trinajstić information content (AvgIpc) is 2.82. The third-order valence-electron chi connectivity index (χ3n) is 3.17. The van der Waals surface area contributed by atoms with Crippen molar-refractivity contribution >= 4 is 11.7 Å². The van der Waals surface area contributed by atoms with Gasteiger partial charge in [-0.15, -0.1) is 0 Å². The Kier molecular flexibility index (Phi) is 4.68. The van der Waals surface area contributed by atoms with E-state index in [0.717, 1.165) is 32.5 Å². The Labute approximate surface area is 113 Å². The minimum atomic E-state index is -0.144. The van der Waals surface area contributed by atoms with E-state index in [1.54, 1.807) is 6.20 Å². The summed E-state index contributed by atoms with van der Waals surface area (Å²) < 4.78 is 0. The van der Waals surface area contributed by atoms with Gasteiger partial charge in [0.05, 0.1) is 12.4 Å². The molecule has 1 aliphatic rings. The van der Waals surface area contributed by atoms with Crippen molar-refractivity contribution in [3.05, 3.63) is 18.1 Å². The fourth-order valence-electron chi connectivity index (χ4n) is 2.10. The number of nitrogens with one attached hydrogen (secondary N) is 2. The molecule has 6 heteroatoms. The first kappa shape index (κ1) is 13.7. The Hall–Kier alpha value is -1.69. The highest BCUT2D eigenvalue weighted by Crippen LogP contribution is 2.07. The zero-order chi connectivity index (χ0) is 13.7. The summed E-state index contributed by atoms with van der Waals surface area (Å²) in [4.78, 5) is 22.5. The summed E-state index contributed by atoms with van der Waals surface area (Å²) in [5, 5.41) is 6.11. The van der Waals surface area contributed by atoms with Crippen LogP contribution in [-0.2, 0) is 0 Å². The Morgan fingerprint density at radius 2 is 2.32 bits per heavy atom. The molecule has 1 aliphatic heterocycles. The predicted octanol–water partition coefficient (Wildman–Crippen LogP) is 0.732. The molecule has 1 aromatic rings. The fraction of sp³-hybridized carbons (Fsp3) is 0.615. The molecule has 104 valence electrons. The maximum absolute atomic E-state index is 12.0. The number of carbonyl (C=O) groups excluding carboxylic acids is 1. The fourth-order valence-corrected chi connectivity index (χ4v) is 2.10. The van der Waals surface area contributed by atoms with Crippen LogP contribution in [0.25, 0.3) is 0 Å². The number of carbonyl (C=O) groups is 1. The van der Waals surface area contributed by atoms with Gasteiger partial charge in [-0.25, -0.2) is 9.97 Å². The minimum absolute atomic E-state index is 0.144. The molecule has 1 saturated heterocycles. The second kappa shape index (κ2) is 6.47. The van der Waals surface area contributed by atoms with Crippen molar-refractivity contribution < 1.29 is 4.79 Å². The number of rotatable bonds is 5. The highest BCUT2D eigenvalue weighted by Gasteiger charge is 2.22. The van der Waals surface area contributed by atoms with E-state index >= 15 is 0 Å². The van der Waals surface area contributed by atoms with Gasteiger partial charge in [0, 0.05) is 19.1 Å². The quantitative estimate of drug-likeness (QED) is 0.819. The maximum Gasteiger partial charge on any atom is 0.271 e. The lowest BCUT2D eigenvalue weighted by atomic mass is 10.2. The van der Waals surface area contributed by atoms with Crippen molar-refractivity contribution in [1.29, 1.82) is 0 Å². The van der Waals surface area contributed by atoms with Crippen LogP contribution >= 0.6 is 0 Å². The predicted molar refractivity (Wildman–Crippen MR) is 74.2 cm³/mol. The molecule has 0 spiro atoms. The van der Waals surface area contributed by atoms with Crippen LogP contribution in [0, 0.1) is 0 Å². The van der Waals surface area contributed by atoms with Crippen LogP contribution in [0.1, 0.15) is 30.3 Å². The van der Waals surface area contributed by atoms with Gasteiger partial charge in [-0.1, -0.05) is 6.92 Å². The van der Waals surface area contributed by atoms with E-state index in [4.69, 9.17) is 0 Å². The SMILES string of the molecule is CCCNc1cnc(C(=O)NC2CCN(C)C2)cn1. The number of hydrogen-bond acceptors (Lipinski definition) is 5. The van der Waals surface area contributed by atoms with Crippen LogP contribution < -0.4 is 10.6 Å². The number of amides is 1. The zero-order valence-electron chi connectivity index (χ0n) is 11.5. The van der Waals surface area contributed by atoms with Crippen molar-refractivity contribution in [1.82, 2.24) is 20.2 Å². The first-order chi connectivity index (χ1) is 9.19. The molecule has 2 N–H and O–H groups in total. The summed E-state index contributed by atoms with van der Waals surface area (Å²) in [7, 11) is 2.06. The van der Waals surface area contributed by atoms with Gasteiger partial charge in [0.2, 0.25) is 0 Å². The minimum Gasteiger partial charge on any atom is -0.369 e. The first-order valence-corrected chi connectivity index (χ1v) is 6.74. The summed E-state index contributed by atoms with van der Waals surface area (Å²) in [6.07, 6.45) is 5.14. The molecule has 2 rings (SSSR count). The highest BCUT2D eigenvalue weighted by atomic mass is 16.2. The van der Waals surface area contributed by atoms with Crippen molar-refractivity contribution in [3.63, 3.8) is 0 Å². The molecule has 1 fully saturated rings. The van der Waals surface area contributed by atoms with Crippen LogP contribution in [0.4, 0.5) is 5.82 Å². The number of aromatic nitrogens is 2. The number of hydrogen-bond donors (Lipinski definition) is 2. The molecule has 0 radical (unpaired) electrons. The van der Waals surface area contributed by atoms with Crippen LogP contribution in [-0.4, -0.2) is 53.5 Å². The van der Waals surface area contributed by atoms with Gasteiger partial charge in [-0.3, -0.25) is 4.79 Å². The molecule has 1 amide bonds. The van der Waals surface area contributed by atoms with Crippen molar-refractivity contribution in [2.24, 2.45) is 0 Å². The van der Waals surface area contributed by atoms with Crippen LogP contribution in [0.15, 0.2) is 12.4 Å². The van der Waals surface area contributed by atoms with Crippen LogP contribution in [0.5, 0.6) is 0 Å². The molecular weight excluding hydrogens is 242 g/mol. The van der Waals surface area contributed by atoms with E-state index in [1.807, 2.05) is 0 Å². The lowest BCUT2D eigenvalue weighted by Crippen LogP contribution is -2.36. The van der Waals surface area contributed by atoms with E-state index in [2.05, 4.69) is 39.5 Å². The molecule has 0 aromatic carbocycles. The monoisotopic (exact) mass is 263 g/mol. The Morgan fingerprint density at radius 1 is 1.47 bits per heavy atom. The summed E-state index contributed by atoms with van der Waals surface area (Å²) in [5.41, 5.74) is 0.372. The zero-order valence-corrected chi connectivity index (χ0v) is 11.5. The van der Waals surface area contributed by atoms with Crippen LogP contribution in [0.3, 0.4) is 0 Å². The van der Waals surface area contributed by atoms with Crippen molar-refractivity contribution in [2.45, 2.75) is 25.8 Å². The van der Waals surface area contributed by atoms with Gasteiger partial charge >= 0.3 is 0 Å². The third kappa shape index (κ3) is 3.89.